The second kappa shape index (κ2) is 6.76. The molecule has 6 nitrogen and oxygen atoms in total. The van der Waals surface area contributed by atoms with Crippen LogP contribution in [0.3, 0.4) is 0 Å². The number of carbonyl (C=O) groups is 1. The molecule has 25 heavy (non-hydrogen) atoms. The molecule has 4 rings (SSSR count). The third-order valence-corrected chi connectivity index (χ3v) is 5.40. The lowest BCUT2D eigenvalue weighted by Gasteiger charge is -2.15. The van der Waals surface area contributed by atoms with Crippen LogP contribution in [0.1, 0.15) is 40.0 Å². The van der Waals surface area contributed by atoms with Crippen LogP contribution in [0, 0.1) is 5.92 Å². The van der Waals surface area contributed by atoms with E-state index >= 15 is 0 Å². The number of carbonyl (C=O) groups excluding carboxylic acids is 1. The van der Waals surface area contributed by atoms with Crippen LogP contribution in [0.25, 0.3) is 0 Å². The zero-order valence-corrected chi connectivity index (χ0v) is 14.8. The van der Waals surface area contributed by atoms with E-state index in [9.17, 15) is 4.79 Å². The van der Waals surface area contributed by atoms with E-state index in [-0.39, 0.29) is 5.91 Å². The van der Waals surface area contributed by atoms with Crippen LogP contribution in [0.2, 0.25) is 0 Å². The van der Waals surface area contributed by atoms with Crippen molar-refractivity contribution < 1.29 is 4.79 Å². The normalized spacial score (nSPS) is 16.4. The van der Waals surface area contributed by atoms with Crippen LogP contribution in [0.15, 0.2) is 36.5 Å². The molecule has 0 fully saturated rings. The quantitative estimate of drug-likeness (QED) is 0.782. The fourth-order valence-electron chi connectivity index (χ4n) is 3.00. The highest BCUT2D eigenvalue weighted by atomic mass is 32.1. The molecule has 2 heterocycles. The average Bonchev–Trinajstić information content (AvgIpc) is 3.22. The number of thiazole rings is 1. The Kier molecular flexibility index (Phi) is 4.31. The Hall–Kier alpha value is -2.54. The second-order valence-electron chi connectivity index (χ2n) is 6.48. The number of nitrogens with one attached hydrogen (secondary N) is 1. The first-order chi connectivity index (χ1) is 12.2. The Bertz CT molecular complexity index is 886. The molecule has 3 aromatic rings. The summed E-state index contributed by atoms with van der Waals surface area (Å²) in [6, 6.07) is 9.96. The molecule has 0 saturated carbocycles. The van der Waals surface area contributed by atoms with Crippen LogP contribution in [0.5, 0.6) is 0 Å². The Morgan fingerprint density at radius 3 is 3.04 bits per heavy atom. The second-order valence-corrected chi connectivity index (χ2v) is 7.56. The van der Waals surface area contributed by atoms with Crippen LogP contribution in [-0.4, -0.2) is 25.9 Å². The molecule has 0 radical (unpaired) electrons. The summed E-state index contributed by atoms with van der Waals surface area (Å²) >= 11 is 1.57. The lowest BCUT2D eigenvalue weighted by molar-refractivity contribution is 0.102. The van der Waals surface area contributed by atoms with E-state index in [1.54, 1.807) is 22.2 Å². The molecule has 2 aromatic heterocycles. The maximum Gasteiger partial charge on any atom is 0.279 e. The van der Waals surface area contributed by atoms with Gasteiger partial charge >= 0.3 is 0 Å². The van der Waals surface area contributed by atoms with Crippen molar-refractivity contribution in [1.82, 2.24) is 20.0 Å². The van der Waals surface area contributed by atoms with E-state index in [2.05, 4.69) is 27.5 Å². The zero-order chi connectivity index (χ0) is 17.2. The van der Waals surface area contributed by atoms with Crippen molar-refractivity contribution in [2.75, 3.05) is 5.32 Å². The molecular formula is C18H19N5OS. The number of anilines is 1. The predicted octanol–water partition coefficient (Wildman–Crippen LogP) is 3.16. The number of hydrogen-bond acceptors (Lipinski definition) is 5. The molecule has 1 amide bonds. The smallest absolute Gasteiger partial charge is 0.279 e. The molecule has 1 aromatic carbocycles. The largest absolute Gasteiger partial charge is 0.296 e. The molecule has 0 unspecified atom stereocenters. The molecular weight excluding hydrogens is 334 g/mol. The standard InChI is InChI=1S/C18H19N5OS/c1-12-7-8-14-16(9-12)25-18(19-14)20-17(24)15-11-23(22-21-15)10-13-5-3-2-4-6-13/h2-6,11-12H,7-10H2,1H3,(H,19,20,24)/t12-/m1/s1. The molecule has 0 aliphatic heterocycles. The van der Waals surface area contributed by atoms with Gasteiger partial charge in [0.15, 0.2) is 10.8 Å². The lowest BCUT2D eigenvalue weighted by atomic mass is 9.93. The number of amides is 1. The van der Waals surface area contributed by atoms with Gasteiger partial charge in [-0.25, -0.2) is 9.67 Å². The highest BCUT2D eigenvalue weighted by Gasteiger charge is 2.21. The number of aryl methyl sites for hydroxylation is 1. The fraction of sp³-hybridized carbons (Fsp3) is 0.333. The maximum atomic E-state index is 12.4. The molecule has 1 N–H and O–H groups in total. The lowest BCUT2D eigenvalue weighted by Crippen LogP contribution is -2.12. The van der Waals surface area contributed by atoms with Crippen LogP contribution in [0.4, 0.5) is 5.13 Å². The summed E-state index contributed by atoms with van der Waals surface area (Å²) in [4.78, 5) is 18.2. The van der Waals surface area contributed by atoms with Crippen molar-refractivity contribution in [1.29, 1.82) is 0 Å². The fourth-order valence-corrected chi connectivity index (χ4v) is 4.17. The van der Waals surface area contributed by atoms with Gasteiger partial charge in [-0.3, -0.25) is 10.1 Å². The molecule has 128 valence electrons. The molecule has 1 atom stereocenters. The summed E-state index contributed by atoms with van der Waals surface area (Å²) in [5, 5.41) is 11.5. The molecule has 1 aliphatic rings. The van der Waals surface area contributed by atoms with E-state index < -0.39 is 0 Å². The highest BCUT2D eigenvalue weighted by molar-refractivity contribution is 7.15. The molecule has 0 spiro atoms. The van der Waals surface area contributed by atoms with Gasteiger partial charge in [0, 0.05) is 4.88 Å². The predicted molar refractivity (Wildman–Crippen MR) is 96.8 cm³/mol. The summed E-state index contributed by atoms with van der Waals surface area (Å²) in [6.45, 7) is 2.84. The maximum absolute atomic E-state index is 12.4. The molecule has 0 saturated heterocycles. The van der Waals surface area contributed by atoms with Gasteiger partial charge < -0.3 is 0 Å². The van der Waals surface area contributed by atoms with Crippen molar-refractivity contribution in [2.24, 2.45) is 5.92 Å². The van der Waals surface area contributed by atoms with Crippen molar-refractivity contribution in [3.05, 3.63) is 58.4 Å². The summed E-state index contributed by atoms with van der Waals surface area (Å²) in [5.74, 6) is 0.424. The Labute approximate surface area is 149 Å². The van der Waals surface area contributed by atoms with Gasteiger partial charge in [0.05, 0.1) is 18.4 Å². The summed E-state index contributed by atoms with van der Waals surface area (Å²) in [5.41, 5.74) is 2.55. The Morgan fingerprint density at radius 1 is 1.36 bits per heavy atom. The minimum absolute atomic E-state index is 0.265. The summed E-state index contributed by atoms with van der Waals surface area (Å²) in [6.07, 6.45) is 4.88. The van der Waals surface area contributed by atoms with E-state index in [0.717, 1.165) is 30.5 Å². The first kappa shape index (κ1) is 16.0. The van der Waals surface area contributed by atoms with Gasteiger partial charge in [0.25, 0.3) is 5.91 Å². The zero-order valence-electron chi connectivity index (χ0n) is 14.0. The molecule has 0 bridgehead atoms. The van der Waals surface area contributed by atoms with Gasteiger partial charge in [0.2, 0.25) is 0 Å². The Balaban J connectivity index is 1.43. The molecule has 1 aliphatic carbocycles. The van der Waals surface area contributed by atoms with Gasteiger partial charge in [-0.2, -0.15) is 0 Å². The van der Waals surface area contributed by atoms with E-state index in [1.807, 2.05) is 30.3 Å². The number of rotatable bonds is 4. The van der Waals surface area contributed by atoms with Crippen LogP contribution in [-0.2, 0) is 19.4 Å². The van der Waals surface area contributed by atoms with Crippen molar-refractivity contribution in [3.8, 4) is 0 Å². The number of fused-ring (bicyclic) bond motifs is 1. The topological polar surface area (TPSA) is 72.7 Å². The number of hydrogen-bond donors (Lipinski definition) is 1. The van der Waals surface area contributed by atoms with Crippen LogP contribution < -0.4 is 5.32 Å². The average molecular weight is 353 g/mol. The van der Waals surface area contributed by atoms with Gasteiger partial charge in [0.1, 0.15) is 0 Å². The van der Waals surface area contributed by atoms with E-state index in [4.69, 9.17) is 0 Å². The van der Waals surface area contributed by atoms with Crippen molar-refractivity contribution >= 4 is 22.4 Å². The highest BCUT2D eigenvalue weighted by Crippen LogP contribution is 2.32. The monoisotopic (exact) mass is 353 g/mol. The third kappa shape index (κ3) is 3.61. The Morgan fingerprint density at radius 2 is 2.20 bits per heavy atom. The first-order valence-corrected chi connectivity index (χ1v) is 9.23. The van der Waals surface area contributed by atoms with Crippen molar-refractivity contribution in [3.63, 3.8) is 0 Å². The van der Waals surface area contributed by atoms with E-state index in [1.165, 1.54) is 4.88 Å². The first-order valence-electron chi connectivity index (χ1n) is 8.41. The van der Waals surface area contributed by atoms with Gasteiger partial charge in [-0.1, -0.05) is 42.5 Å². The minimum Gasteiger partial charge on any atom is -0.296 e. The number of nitrogens with zero attached hydrogens (tertiary/aromatic N) is 4. The SMILES string of the molecule is C[C@@H]1CCc2nc(NC(=O)c3cn(Cc4ccccc4)nn3)sc2C1. The summed E-state index contributed by atoms with van der Waals surface area (Å²) in [7, 11) is 0. The number of benzene rings is 1. The number of aromatic nitrogens is 4. The summed E-state index contributed by atoms with van der Waals surface area (Å²) < 4.78 is 1.67. The van der Waals surface area contributed by atoms with Crippen molar-refractivity contribution in [2.45, 2.75) is 32.7 Å². The minimum atomic E-state index is -0.265. The molecule has 7 heteroatoms. The third-order valence-electron chi connectivity index (χ3n) is 4.37. The van der Waals surface area contributed by atoms with E-state index in [0.29, 0.717) is 23.3 Å². The van der Waals surface area contributed by atoms with Gasteiger partial charge in [-0.05, 0) is 30.7 Å². The van der Waals surface area contributed by atoms with Gasteiger partial charge in [-0.15, -0.1) is 16.4 Å². The van der Waals surface area contributed by atoms with Crippen LogP contribution >= 0.6 is 11.3 Å².